The van der Waals surface area contributed by atoms with Crippen LogP contribution in [-0.2, 0) is 10.0 Å². The van der Waals surface area contributed by atoms with E-state index in [4.69, 9.17) is 0 Å². The zero-order valence-electron chi connectivity index (χ0n) is 15.9. The number of pyridine rings is 1. The molecule has 0 aromatic carbocycles. The van der Waals surface area contributed by atoms with Crippen molar-refractivity contribution >= 4 is 15.9 Å². The summed E-state index contributed by atoms with van der Waals surface area (Å²) >= 11 is 0. The molecule has 0 saturated carbocycles. The van der Waals surface area contributed by atoms with Gasteiger partial charge in [-0.2, -0.15) is 0 Å². The summed E-state index contributed by atoms with van der Waals surface area (Å²) in [5.41, 5.74) is 1.77. The van der Waals surface area contributed by atoms with Crippen molar-refractivity contribution in [3.63, 3.8) is 0 Å². The van der Waals surface area contributed by atoms with Crippen molar-refractivity contribution in [2.45, 2.75) is 45.4 Å². The Bertz CT molecular complexity index is 751. The van der Waals surface area contributed by atoms with Crippen molar-refractivity contribution in [2.75, 3.05) is 32.4 Å². The van der Waals surface area contributed by atoms with E-state index in [0.717, 1.165) is 44.5 Å². The van der Waals surface area contributed by atoms with E-state index in [1.165, 1.54) is 10.6 Å². The van der Waals surface area contributed by atoms with Gasteiger partial charge in [0.05, 0.1) is 11.8 Å². The normalized spacial score (nSPS) is 22.3. The van der Waals surface area contributed by atoms with E-state index in [1.54, 1.807) is 6.20 Å². The van der Waals surface area contributed by atoms with Gasteiger partial charge in [0.1, 0.15) is 0 Å². The maximum atomic E-state index is 12.7. The van der Waals surface area contributed by atoms with Gasteiger partial charge in [0.15, 0.2) is 0 Å². The van der Waals surface area contributed by atoms with Crippen LogP contribution in [0, 0.1) is 5.41 Å². The molecule has 1 aromatic rings. The van der Waals surface area contributed by atoms with Crippen molar-refractivity contribution in [3.05, 3.63) is 29.6 Å². The molecule has 7 heteroatoms. The Morgan fingerprint density at radius 2 is 1.88 bits per heavy atom. The first kappa shape index (κ1) is 19.3. The molecule has 1 aromatic heterocycles. The second-order valence-electron chi connectivity index (χ2n) is 8.40. The number of carbonyl (C=O) groups excluding carboxylic acids is 1. The minimum absolute atomic E-state index is 0.0590. The molecule has 0 unspecified atom stereocenters. The zero-order chi connectivity index (χ0) is 18.9. The number of nitrogens with zero attached hydrogens (tertiary/aromatic N) is 3. The molecule has 0 radical (unpaired) electrons. The number of rotatable bonds is 3. The van der Waals surface area contributed by atoms with Crippen LogP contribution < -0.4 is 0 Å². The summed E-state index contributed by atoms with van der Waals surface area (Å²) in [4.78, 5) is 19.2. The van der Waals surface area contributed by atoms with E-state index in [2.05, 4.69) is 18.8 Å². The van der Waals surface area contributed by atoms with Gasteiger partial charge in [-0.3, -0.25) is 9.78 Å². The van der Waals surface area contributed by atoms with Gasteiger partial charge in [0.25, 0.3) is 5.91 Å². The Labute approximate surface area is 156 Å². The SMILES string of the molecule is CC1(C)CCCN(C(=O)c2ccc(C3CCN(S(C)(=O)=O)CC3)nc2)C1. The maximum absolute atomic E-state index is 12.7. The monoisotopic (exact) mass is 379 g/mol. The fourth-order valence-corrected chi connectivity index (χ4v) is 4.91. The fraction of sp³-hybridized carbons (Fsp3) is 0.684. The quantitative estimate of drug-likeness (QED) is 0.809. The van der Waals surface area contributed by atoms with Crippen molar-refractivity contribution in [3.8, 4) is 0 Å². The second kappa shape index (κ2) is 7.27. The standard InChI is InChI=1S/C19H29N3O3S/c1-19(2)9-4-10-21(14-19)18(23)16-5-6-17(20-13-16)15-7-11-22(12-8-15)26(3,24)25/h5-6,13,15H,4,7-12,14H2,1-3H3. The third-order valence-corrected chi connectivity index (χ3v) is 6.87. The summed E-state index contributed by atoms with van der Waals surface area (Å²) in [7, 11) is -3.11. The summed E-state index contributed by atoms with van der Waals surface area (Å²) in [6.07, 6.45) is 6.68. The minimum Gasteiger partial charge on any atom is -0.338 e. The second-order valence-corrected chi connectivity index (χ2v) is 10.4. The van der Waals surface area contributed by atoms with Crippen molar-refractivity contribution in [1.29, 1.82) is 0 Å². The number of hydrogen-bond donors (Lipinski definition) is 0. The number of aromatic nitrogens is 1. The molecule has 26 heavy (non-hydrogen) atoms. The Morgan fingerprint density at radius 1 is 1.19 bits per heavy atom. The molecule has 3 rings (SSSR count). The average Bonchev–Trinajstić information content (AvgIpc) is 2.60. The summed E-state index contributed by atoms with van der Waals surface area (Å²) in [6, 6.07) is 3.80. The first-order chi connectivity index (χ1) is 12.2. The number of hydrogen-bond acceptors (Lipinski definition) is 4. The van der Waals surface area contributed by atoms with Crippen molar-refractivity contribution in [2.24, 2.45) is 5.41 Å². The molecule has 3 heterocycles. The minimum atomic E-state index is -3.11. The topological polar surface area (TPSA) is 70.6 Å². The van der Waals surface area contributed by atoms with Gasteiger partial charge >= 0.3 is 0 Å². The summed E-state index contributed by atoms with van der Waals surface area (Å²) in [6.45, 7) is 7.09. The number of amides is 1. The highest BCUT2D eigenvalue weighted by Gasteiger charge is 2.30. The first-order valence-corrected chi connectivity index (χ1v) is 11.2. The maximum Gasteiger partial charge on any atom is 0.255 e. The van der Waals surface area contributed by atoms with Crippen LogP contribution in [0.1, 0.15) is 61.5 Å². The lowest BCUT2D eigenvalue weighted by Gasteiger charge is -2.38. The van der Waals surface area contributed by atoms with E-state index in [1.807, 2.05) is 17.0 Å². The molecule has 1 amide bonds. The van der Waals surface area contributed by atoms with E-state index < -0.39 is 10.0 Å². The molecule has 0 aliphatic carbocycles. The molecule has 0 N–H and O–H groups in total. The van der Waals surface area contributed by atoms with Crippen LogP contribution in [0.15, 0.2) is 18.3 Å². The number of sulfonamides is 1. The number of piperidine rings is 2. The Morgan fingerprint density at radius 3 is 2.42 bits per heavy atom. The van der Waals surface area contributed by atoms with E-state index in [9.17, 15) is 13.2 Å². The first-order valence-electron chi connectivity index (χ1n) is 9.36. The van der Waals surface area contributed by atoms with Gasteiger partial charge in [0.2, 0.25) is 10.0 Å². The number of carbonyl (C=O) groups is 1. The highest BCUT2D eigenvalue weighted by atomic mass is 32.2. The largest absolute Gasteiger partial charge is 0.338 e. The van der Waals surface area contributed by atoms with Crippen LogP contribution in [-0.4, -0.2) is 60.9 Å². The molecule has 2 saturated heterocycles. The molecular weight excluding hydrogens is 350 g/mol. The molecular formula is C19H29N3O3S. The van der Waals surface area contributed by atoms with Crippen LogP contribution in [0.3, 0.4) is 0 Å². The molecule has 2 fully saturated rings. The summed E-state index contributed by atoms with van der Waals surface area (Å²) in [5, 5.41) is 0. The van der Waals surface area contributed by atoms with Gasteiger partial charge < -0.3 is 4.90 Å². The third kappa shape index (κ3) is 4.43. The lowest BCUT2D eigenvalue weighted by atomic mass is 9.84. The number of likely N-dealkylation sites (tertiary alicyclic amines) is 1. The Kier molecular flexibility index (Phi) is 5.40. The van der Waals surface area contributed by atoms with Crippen LogP contribution in [0.4, 0.5) is 0 Å². The van der Waals surface area contributed by atoms with Crippen LogP contribution >= 0.6 is 0 Å². The predicted octanol–water partition coefficient (Wildman–Crippen LogP) is 2.48. The van der Waals surface area contributed by atoms with Crippen LogP contribution in [0.2, 0.25) is 0 Å². The molecule has 2 aliphatic heterocycles. The smallest absolute Gasteiger partial charge is 0.255 e. The highest BCUT2D eigenvalue weighted by molar-refractivity contribution is 7.88. The third-order valence-electron chi connectivity index (χ3n) is 5.56. The molecule has 144 valence electrons. The van der Waals surface area contributed by atoms with Crippen molar-refractivity contribution in [1.82, 2.24) is 14.2 Å². The van der Waals surface area contributed by atoms with Gasteiger partial charge in [-0.25, -0.2) is 12.7 Å². The average molecular weight is 380 g/mol. The van der Waals surface area contributed by atoms with Crippen LogP contribution in [0.25, 0.3) is 0 Å². The molecule has 0 spiro atoms. The molecule has 2 aliphatic rings. The summed E-state index contributed by atoms with van der Waals surface area (Å²) < 4.78 is 24.8. The lowest BCUT2D eigenvalue weighted by molar-refractivity contribution is 0.0583. The van der Waals surface area contributed by atoms with Gasteiger partial charge in [0, 0.05) is 44.0 Å². The fourth-order valence-electron chi connectivity index (χ4n) is 4.04. The zero-order valence-corrected chi connectivity index (χ0v) is 16.8. The Balaban J connectivity index is 1.63. The van der Waals surface area contributed by atoms with Gasteiger partial charge in [-0.05, 0) is 43.2 Å². The predicted molar refractivity (Wildman–Crippen MR) is 102 cm³/mol. The highest BCUT2D eigenvalue weighted by Crippen LogP contribution is 2.30. The van der Waals surface area contributed by atoms with Crippen molar-refractivity contribution < 1.29 is 13.2 Å². The Hall–Kier alpha value is -1.47. The lowest BCUT2D eigenvalue weighted by Crippen LogP contribution is -2.43. The van der Waals surface area contributed by atoms with Gasteiger partial charge in [-0.15, -0.1) is 0 Å². The van der Waals surface area contributed by atoms with E-state index in [0.29, 0.717) is 18.7 Å². The molecule has 0 bridgehead atoms. The van der Waals surface area contributed by atoms with Crippen LogP contribution in [0.5, 0.6) is 0 Å². The molecule has 0 atom stereocenters. The van der Waals surface area contributed by atoms with Gasteiger partial charge in [-0.1, -0.05) is 13.8 Å². The van der Waals surface area contributed by atoms with E-state index in [-0.39, 0.29) is 17.2 Å². The summed E-state index contributed by atoms with van der Waals surface area (Å²) in [5.74, 6) is 0.315. The van der Waals surface area contributed by atoms with E-state index >= 15 is 0 Å². The molecule has 6 nitrogen and oxygen atoms in total.